The zero-order chi connectivity index (χ0) is 25.2. The van der Waals surface area contributed by atoms with Crippen LogP contribution >= 0.6 is 11.6 Å². The lowest BCUT2D eigenvalue weighted by Crippen LogP contribution is -2.20. The molecule has 2 aromatic heterocycles. The van der Waals surface area contributed by atoms with E-state index >= 15 is 0 Å². The molecule has 4 aromatic rings. The lowest BCUT2D eigenvalue weighted by molar-refractivity contribution is -0.137. The van der Waals surface area contributed by atoms with Gasteiger partial charge >= 0.3 is 12.2 Å². The number of pyridine rings is 1. The van der Waals surface area contributed by atoms with Crippen LogP contribution in [-0.4, -0.2) is 15.4 Å². The maximum atomic E-state index is 13.0. The van der Waals surface area contributed by atoms with Crippen LogP contribution < -0.4 is 20.9 Å². The topological polar surface area (TPSA) is 84.7 Å². The summed E-state index contributed by atoms with van der Waals surface area (Å²) in [6, 6.07) is 13.7. The Bertz CT molecular complexity index is 1450. The molecular formula is C24H18ClF3N4O3. The third-order valence-electron chi connectivity index (χ3n) is 4.90. The maximum absolute atomic E-state index is 13.0. The van der Waals surface area contributed by atoms with Gasteiger partial charge in [-0.25, -0.2) is 9.78 Å². The highest BCUT2D eigenvalue weighted by Crippen LogP contribution is 2.36. The molecule has 4 rings (SSSR count). The van der Waals surface area contributed by atoms with E-state index < -0.39 is 22.8 Å². The molecule has 0 radical (unpaired) electrons. The van der Waals surface area contributed by atoms with Crippen molar-refractivity contribution in [3.8, 4) is 5.75 Å². The quantitative estimate of drug-likeness (QED) is 0.356. The number of rotatable bonds is 5. The van der Waals surface area contributed by atoms with Crippen molar-refractivity contribution in [2.45, 2.75) is 19.7 Å². The first-order valence-corrected chi connectivity index (χ1v) is 10.6. The van der Waals surface area contributed by atoms with Gasteiger partial charge in [0.1, 0.15) is 18.0 Å². The first kappa shape index (κ1) is 24.1. The largest absolute Gasteiger partial charge is 0.487 e. The number of halogens is 4. The molecule has 7 nitrogen and oxygen atoms in total. The summed E-state index contributed by atoms with van der Waals surface area (Å²) in [4.78, 5) is 28.9. The molecule has 0 bridgehead atoms. The number of nitrogens with one attached hydrogen (secondary N) is 2. The molecule has 0 aliphatic carbocycles. The molecule has 2 aromatic carbocycles. The van der Waals surface area contributed by atoms with Crippen LogP contribution in [0.3, 0.4) is 0 Å². The number of nitrogens with zero attached hydrogens (tertiary/aromatic N) is 2. The Kier molecular flexibility index (Phi) is 6.65. The second-order valence-corrected chi connectivity index (χ2v) is 8.01. The second kappa shape index (κ2) is 9.67. The monoisotopic (exact) mass is 502 g/mol. The first-order chi connectivity index (χ1) is 16.6. The summed E-state index contributed by atoms with van der Waals surface area (Å²) in [6.07, 6.45) is -2.98. The summed E-state index contributed by atoms with van der Waals surface area (Å²) in [5, 5.41) is 4.40. The van der Waals surface area contributed by atoms with Gasteiger partial charge in [-0.15, -0.1) is 0 Å². The lowest BCUT2D eigenvalue weighted by atomic mass is 10.2. The summed E-state index contributed by atoms with van der Waals surface area (Å²) in [5.41, 5.74) is 1.01. The molecule has 0 spiro atoms. The maximum Gasteiger partial charge on any atom is 0.417 e. The van der Waals surface area contributed by atoms with Gasteiger partial charge in [0.15, 0.2) is 0 Å². The van der Waals surface area contributed by atoms with E-state index in [2.05, 4.69) is 15.6 Å². The predicted molar refractivity (Wildman–Crippen MR) is 126 cm³/mol. The van der Waals surface area contributed by atoms with Crippen molar-refractivity contribution in [2.24, 2.45) is 0 Å². The molecular weight excluding hydrogens is 485 g/mol. The van der Waals surface area contributed by atoms with E-state index in [1.807, 2.05) is 13.0 Å². The minimum Gasteiger partial charge on any atom is -0.487 e. The summed E-state index contributed by atoms with van der Waals surface area (Å²) in [6.45, 7) is 1.96. The van der Waals surface area contributed by atoms with Gasteiger partial charge in [-0.3, -0.25) is 9.20 Å². The fourth-order valence-corrected chi connectivity index (χ4v) is 3.46. The van der Waals surface area contributed by atoms with E-state index in [-0.39, 0.29) is 17.9 Å². The van der Waals surface area contributed by atoms with Crippen LogP contribution in [0.5, 0.6) is 5.75 Å². The van der Waals surface area contributed by atoms with Crippen LogP contribution in [-0.2, 0) is 12.8 Å². The van der Waals surface area contributed by atoms with Gasteiger partial charge in [0.25, 0.3) is 5.56 Å². The third kappa shape index (κ3) is 5.90. The second-order valence-electron chi connectivity index (χ2n) is 7.60. The molecule has 0 fully saturated rings. The number of ether oxygens (including phenoxy) is 1. The van der Waals surface area contributed by atoms with Crippen molar-refractivity contribution in [3.05, 3.63) is 99.1 Å². The van der Waals surface area contributed by atoms with E-state index in [0.29, 0.717) is 22.8 Å². The molecule has 0 aliphatic rings. The highest BCUT2D eigenvalue weighted by molar-refractivity contribution is 6.31. The average Bonchev–Trinajstić information content (AvgIpc) is 2.79. The van der Waals surface area contributed by atoms with Crippen LogP contribution in [0.4, 0.5) is 29.3 Å². The number of hydrogen-bond acceptors (Lipinski definition) is 4. The Hall–Kier alpha value is -4.05. The van der Waals surface area contributed by atoms with Crippen molar-refractivity contribution in [1.29, 1.82) is 0 Å². The van der Waals surface area contributed by atoms with Crippen molar-refractivity contribution >= 4 is 34.7 Å². The van der Waals surface area contributed by atoms with Crippen molar-refractivity contribution < 1.29 is 22.7 Å². The summed E-state index contributed by atoms with van der Waals surface area (Å²) in [5.74, 6) is 0.467. The molecule has 0 atom stereocenters. The fraction of sp³-hybridized carbons (Fsp3) is 0.125. The van der Waals surface area contributed by atoms with Crippen LogP contribution in [0.1, 0.15) is 16.8 Å². The number of carbonyl (C=O) groups excluding carboxylic acids is 1. The van der Waals surface area contributed by atoms with Gasteiger partial charge in [0.05, 0.1) is 16.3 Å². The Morgan fingerprint density at radius 3 is 2.43 bits per heavy atom. The van der Waals surface area contributed by atoms with Crippen molar-refractivity contribution in [1.82, 2.24) is 9.38 Å². The highest BCUT2D eigenvalue weighted by Gasteiger charge is 2.33. The zero-order valence-electron chi connectivity index (χ0n) is 18.2. The fourth-order valence-electron chi connectivity index (χ4n) is 3.23. The van der Waals surface area contributed by atoms with E-state index in [1.54, 1.807) is 36.5 Å². The minimum atomic E-state index is -4.64. The molecule has 0 unspecified atom stereocenters. The van der Waals surface area contributed by atoms with Crippen molar-refractivity contribution in [3.63, 3.8) is 0 Å². The standard InChI is InChI=1S/C24H18ClF3N4O3/c1-14-8-9-32-21(10-14)29-17(12-22(32)33)13-35-18-5-2-15(3-6-18)30-23(34)31-16-4-7-20(25)19(11-16)24(26,27)28/h2-12H,13H2,1H3,(H2,30,31,34). The van der Waals surface area contributed by atoms with Gasteiger partial charge < -0.3 is 15.4 Å². The van der Waals surface area contributed by atoms with E-state index in [1.165, 1.54) is 16.5 Å². The number of alkyl halides is 3. The van der Waals surface area contributed by atoms with Crippen molar-refractivity contribution in [2.75, 3.05) is 10.6 Å². The summed E-state index contributed by atoms with van der Waals surface area (Å²) in [7, 11) is 0. The normalized spacial score (nSPS) is 11.3. The van der Waals surface area contributed by atoms with Crippen LogP contribution in [0.25, 0.3) is 5.65 Å². The molecule has 0 saturated carbocycles. The van der Waals surface area contributed by atoms with Crippen LogP contribution in [0.2, 0.25) is 5.02 Å². The van der Waals surface area contributed by atoms with E-state index in [0.717, 1.165) is 17.7 Å². The number of amides is 2. The SMILES string of the molecule is Cc1ccn2c(=O)cc(COc3ccc(NC(=O)Nc4ccc(Cl)c(C(F)(F)F)c4)cc3)nc2c1. The van der Waals surface area contributed by atoms with Gasteiger partial charge in [0.2, 0.25) is 0 Å². The number of urea groups is 1. The molecule has 2 amide bonds. The van der Waals surface area contributed by atoms with Crippen LogP contribution in [0.15, 0.2) is 71.7 Å². The molecule has 180 valence electrons. The van der Waals surface area contributed by atoms with Gasteiger partial charge in [-0.1, -0.05) is 11.6 Å². The number of aryl methyl sites for hydroxylation is 1. The number of hydrogen-bond donors (Lipinski definition) is 2. The number of fused-ring (bicyclic) bond motifs is 1. The Balaban J connectivity index is 1.37. The molecule has 11 heteroatoms. The molecule has 35 heavy (non-hydrogen) atoms. The summed E-state index contributed by atoms with van der Waals surface area (Å²) < 4.78 is 46.1. The summed E-state index contributed by atoms with van der Waals surface area (Å²) >= 11 is 5.59. The number of anilines is 2. The highest BCUT2D eigenvalue weighted by atomic mass is 35.5. The molecule has 2 N–H and O–H groups in total. The lowest BCUT2D eigenvalue weighted by Gasteiger charge is -2.12. The molecule has 0 saturated heterocycles. The Morgan fingerprint density at radius 1 is 1.03 bits per heavy atom. The first-order valence-electron chi connectivity index (χ1n) is 10.2. The third-order valence-corrected chi connectivity index (χ3v) is 5.23. The smallest absolute Gasteiger partial charge is 0.417 e. The van der Waals surface area contributed by atoms with Gasteiger partial charge in [-0.2, -0.15) is 13.2 Å². The van der Waals surface area contributed by atoms with Gasteiger partial charge in [-0.05, 0) is 67.1 Å². The molecule has 2 heterocycles. The van der Waals surface area contributed by atoms with Crippen LogP contribution in [0, 0.1) is 6.92 Å². The van der Waals surface area contributed by atoms with Gasteiger partial charge in [0, 0.05) is 23.6 Å². The average molecular weight is 503 g/mol. The number of aromatic nitrogens is 2. The Morgan fingerprint density at radius 2 is 1.71 bits per heavy atom. The predicted octanol–water partition coefficient (Wildman–Crippen LogP) is 5.90. The minimum absolute atomic E-state index is 0.0606. The van der Waals surface area contributed by atoms with E-state index in [4.69, 9.17) is 16.3 Å². The number of carbonyl (C=O) groups is 1. The molecule has 0 aliphatic heterocycles. The van der Waals surface area contributed by atoms with E-state index in [9.17, 15) is 22.8 Å². The zero-order valence-corrected chi connectivity index (χ0v) is 18.9. The Labute approximate surface area is 202 Å². The number of benzene rings is 2.